The highest BCUT2D eigenvalue weighted by Crippen LogP contribution is 1.98. The fourth-order valence-electron chi connectivity index (χ4n) is 0.947. The Morgan fingerprint density at radius 3 is 2.79 bits per heavy atom. The highest BCUT2D eigenvalue weighted by Gasteiger charge is 1.96. The van der Waals surface area contributed by atoms with Crippen LogP contribution in [-0.4, -0.2) is 5.91 Å². The van der Waals surface area contributed by atoms with Gasteiger partial charge in [0.1, 0.15) is 0 Å². The van der Waals surface area contributed by atoms with Gasteiger partial charge in [0.05, 0.1) is 6.61 Å². The van der Waals surface area contributed by atoms with Gasteiger partial charge in [0, 0.05) is 6.42 Å². The zero-order valence-corrected chi connectivity index (χ0v) is 7.90. The topological polar surface area (TPSA) is 38.3 Å². The summed E-state index contributed by atoms with van der Waals surface area (Å²) in [4.78, 5) is 15.9. The number of benzene rings is 1. The standard InChI is InChI=1S/C11H13NO2/c1-2-6-11(13)12-14-9-10-7-4-3-5-8-10/h2-5,7-8H,1,6,9H2,(H,12,13). The summed E-state index contributed by atoms with van der Waals surface area (Å²) in [6, 6.07) is 9.63. The predicted octanol–water partition coefficient (Wildman–Crippen LogP) is 1.81. The van der Waals surface area contributed by atoms with E-state index in [1.807, 2.05) is 30.3 Å². The van der Waals surface area contributed by atoms with E-state index < -0.39 is 0 Å². The van der Waals surface area contributed by atoms with Crippen molar-refractivity contribution in [3.05, 3.63) is 48.6 Å². The second kappa shape index (κ2) is 5.94. The molecule has 0 spiro atoms. The van der Waals surface area contributed by atoms with Crippen molar-refractivity contribution < 1.29 is 9.63 Å². The summed E-state index contributed by atoms with van der Waals surface area (Å²) in [6.07, 6.45) is 1.80. The van der Waals surface area contributed by atoms with Crippen molar-refractivity contribution in [2.75, 3.05) is 0 Å². The summed E-state index contributed by atoms with van der Waals surface area (Å²) < 4.78 is 0. The minimum Gasteiger partial charge on any atom is -0.272 e. The molecule has 1 rings (SSSR count). The van der Waals surface area contributed by atoms with Crippen molar-refractivity contribution >= 4 is 5.91 Å². The molecule has 1 aromatic carbocycles. The molecule has 0 saturated carbocycles. The van der Waals surface area contributed by atoms with Gasteiger partial charge >= 0.3 is 0 Å². The van der Waals surface area contributed by atoms with Gasteiger partial charge in [0.2, 0.25) is 5.91 Å². The van der Waals surface area contributed by atoms with Crippen LogP contribution in [0.15, 0.2) is 43.0 Å². The first kappa shape index (κ1) is 10.5. The number of nitrogens with one attached hydrogen (secondary N) is 1. The predicted molar refractivity (Wildman–Crippen MR) is 54.2 cm³/mol. The summed E-state index contributed by atoms with van der Waals surface area (Å²) in [5.41, 5.74) is 3.34. The lowest BCUT2D eigenvalue weighted by Crippen LogP contribution is -2.22. The molecule has 1 amide bonds. The maximum absolute atomic E-state index is 10.9. The smallest absolute Gasteiger partial charge is 0.247 e. The number of carbonyl (C=O) groups is 1. The van der Waals surface area contributed by atoms with E-state index in [0.717, 1.165) is 5.56 Å². The zero-order valence-electron chi connectivity index (χ0n) is 7.90. The molecule has 0 unspecified atom stereocenters. The third kappa shape index (κ3) is 3.87. The Kier molecular flexibility index (Phi) is 4.44. The third-order valence-corrected chi connectivity index (χ3v) is 1.60. The highest BCUT2D eigenvalue weighted by molar-refractivity contribution is 5.76. The van der Waals surface area contributed by atoms with Crippen LogP contribution in [0.4, 0.5) is 0 Å². The summed E-state index contributed by atoms with van der Waals surface area (Å²) in [5.74, 6) is -0.184. The Morgan fingerprint density at radius 2 is 2.14 bits per heavy atom. The van der Waals surface area contributed by atoms with Gasteiger partial charge in [-0.05, 0) is 5.56 Å². The van der Waals surface area contributed by atoms with E-state index in [1.54, 1.807) is 0 Å². The second-order valence-corrected chi connectivity index (χ2v) is 2.79. The van der Waals surface area contributed by atoms with Crippen molar-refractivity contribution in [2.45, 2.75) is 13.0 Å². The SMILES string of the molecule is C=CCC(=O)NOCc1ccccc1. The zero-order chi connectivity index (χ0) is 10.2. The Hall–Kier alpha value is -1.61. The third-order valence-electron chi connectivity index (χ3n) is 1.60. The first-order valence-corrected chi connectivity index (χ1v) is 4.38. The van der Waals surface area contributed by atoms with Gasteiger partial charge in [-0.2, -0.15) is 0 Å². The number of rotatable bonds is 5. The van der Waals surface area contributed by atoms with Gasteiger partial charge in [-0.25, -0.2) is 5.48 Å². The van der Waals surface area contributed by atoms with Crippen LogP contribution >= 0.6 is 0 Å². The molecule has 0 aliphatic rings. The molecule has 0 aromatic heterocycles. The van der Waals surface area contributed by atoms with Crippen LogP contribution in [0.1, 0.15) is 12.0 Å². The molecule has 0 saturated heterocycles. The van der Waals surface area contributed by atoms with E-state index in [9.17, 15) is 4.79 Å². The number of amides is 1. The van der Waals surface area contributed by atoms with E-state index in [0.29, 0.717) is 6.61 Å². The Morgan fingerprint density at radius 1 is 1.43 bits per heavy atom. The van der Waals surface area contributed by atoms with Crippen molar-refractivity contribution in [3.8, 4) is 0 Å². The van der Waals surface area contributed by atoms with Crippen LogP contribution in [-0.2, 0) is 16.2 Å². The Balaban J connectivity index is 2.22. The van der Waals surface area contributed by atoms with E-state index >= 15 is 0 Å². The quantitative estimate of drug-likeness (QED) is 0.569. The molecule has 1 aromatic rings. The highest BCUT2D eigenvalue weighted by atomic mass is 16.6. The van der Waals surface area contributed by atoms with Crippen molar-refractivity contribution in [3.63, 3.8) is 0 Å². The molecule has 0 radical (unpaired) electrons. The van der Waals surface area contributed by atoms with E-state index in [2.05, 4.69) is 12.1 Å². The van der Waals surface area contributed by atoms with Crippen LogP contribution in [0.5, 0.6) is 0 Å². The van der Waals surface area contributed by atoms with E-state index in [1.165, 1.54) is 6.08 Å². The lowest BCUT2D eigenvalue weighted by molar-refractivity contribution is -0.133. The van der Waals surface area contributed by atoms with Crippen LogP contribution in [0, 0.1) is 0 Å². The molecule has 0 heterocycles. The monoisotopic (exact) mass is 191 g/mol. The fourth-order valence-corrected chi connectivity index (χ4v) is 0.947. The van der Waals surface area contributed by atoms with Crippen molar-refractivity contribution in [2.24, 2.45) is 0 Å². The normalized spacial score (nSPS) is 9.43. The molecule has 0 aliphatic carbocycles. The lowest BCUT2D eigenvalue weighted by Gasteiger charge is -2.03. The number of carbonyl (C=O) groups excluding carboxylic acids is 1. The molecule has 74 valence electrons. The molecule has 0 bridgehead atoms. The Labute approximate surface area is 83.3 Å². The van der Waals surface area contributed by atoms with Gasteiger partial charge in [-0.1, -0.05) is 36.4 Å². The van der Waals surface area contributed by atoms with Crippen LogP contribution < -0.4 is 5.48 Å². The first-order chi connectivity index (χ1) is 6.83. The number of hydrogen-bond donors (Lipinski definition) is 1. The molecule has 3 nitrogen and oxygen atoms in total. The number of hydroxylamine groups is 1. The van der Waals surface area contributed by atoms with Gasteiger partial charge < -0.3 is 0 Å². The molecule has 1 N–H and O–H groups in total. The maximum atomic E-state index is 10.9. The van der Waals surface area contributed by atoms with Crippen molar-refractivity contribution in [1.29, 1.82) is 0 Å². The molecule has 14 heavy (non-hydrogen) atoms. The summed E-state index contributed by atoms with van der Waals surface area (Å²) in [6.45, 7) is 3.83. The molecular formula is C11H13NO2. The first-order valence-electron chi connectivity index (χ1n) is 4.38. The van der Waals surface area contributed by atoms with Gasteiger partial charge in [0.15, 0.2) is 0 Å². The molecule has 0 aliphatic heterocycles. The lowest BCUT2D eigenvalue weighted by atomic mass is 10.2. The minimum absolute atomic E-state index is 0.184. The van der Waals surface area contributed by atoms with Gasteiger partial charge in [-0.3, -0.25) is 9.63 Å². The number of hydrogen-bond acceptors (Lipinski definition) is 2. The molecule has 3 heteroatoms. The summed E-state index contributed by atoms with van der Waals surface area (Å²) in [5, 5.41) is 0. The van der Waals surface area contributed by atoms with Crippen LogP contribution in [0.25, 0.3) is 0 Å². The summed E-state index contributed by atoms with van der Waals surface area (Å²) >= 11 is 0. The van der Waals surface area contributed by atoms with Gasteiger partial charge in [-0.15, -0.1) is 6.58 Å². The minimum atomic E-state index is -0.184. The van der Waals surface area contributed by atoms with Gasteiger partial charge in [0.25, 0.3) is 0 Å². The largest absolute Gasteiger partial charge is 0.272 e. The average Bonchev–Trinajstić information content (AvgIpc) is 2.20. The molecule has 0 atom stereocenters. The molecule has 0 fully saturated rings. The van der Waals surface area contributed by atoms with E-state index in [-0.39, 0.29) is 12.3 Å². The van der Waals surface area contributed by atoms with Crippen LogP contribution in [0.3, 0.4) is 0 Å². The second-order valence-electron chi connectivity index (χ2n) is 2.79. The molecular weight excluding hydrogens is 178 g/mol. The van der Waals surface area contributed by atoms with Crippen LogP contribution in [0.2, 0.25) is 0 Å². The van der Waals surface area contributed by atoms with Crippen molar-refractivity contribution in [1.82, 2.24) is 5.48 Å². The summed E-state index contributed by atoms with van der Waals surface area (Å²) in [7, 11) is 0. The fraction of sp³-hybridized carbons (Fsp3) is 0.182. The van der Waals surface area contributed by atoms with E-state index in [4.69, 9.17) is 4.84 Å². The average molecular weight is 191 g/mol. The maximum Gasteiger partial charge on any atom is 0.247 e. The Bertz CT molecular complexity index is 295.